The molecule has 0 saturated heterocycles. The second-order valence-corrected chi connectivity index (χ2v) is 4.73. The summed E-state index contributed by atoms with van der Waals surface area (Å²) in [7, 11) is 1.09. The van der Waals surface area contributed by atoms with E-state index in [0.29, 0.717) is 10.5 Å². The molecule has 120 valence electrons. The lowest BCUT2D eigenvalue weighted by atomic mass is 9.96. The summed E-state index contributed by atoms with van der Waals surface area (Å²) in [6.07, 6.45) is -5.85. The van der Waals surface area contributed by atoms with E-state index in [-0.39, 0.29) is 18.5 Å². The third kappa shape index (κ3) is 3.32. The molecule has 0 aliphatic carbocycles. The van der Waals surface area contributed by atoms with Crippen LogP contribution in [0.3, 0.4) is 0 Å². The lowest BCUT2D eigenvalue weighted by molar-refractivity contribution is -0.150. The summed E-state index contributed by atoms with van der Waals surface area (Å²) in [6, 6.07) is 4.32. The fourth-order valence-corrected chi connectivity index (χ4v) is 2.33. The number of methoxy groups -OCH3 is 1. The van der Waals surface area contributed by atoms with Crippen molar-refractivity contribution < 1.29 is 32.2 Å². The predicted octanol–water partition coefficient (Wildman–Crippen LogP) is 2.68. The Morgan fingerprint density at radius 2 is 2.00 bits per heavy atom. The molecular formula is C14H14F3NO4. The summed E-state index contributed by atoms with van der Waals surface area (Å²) in [5.74, 6) is -0.845. The van der Waals surface area contributed by atoms with Gasteiger partial charge in [-0.15, -0.1) is 0 Å². The summed E-state index contributed by atoms with van der Waals surface area (Å²) in [4.78, 5) is 23.6. The molecule has 8 heteroatoms. The third-order valence-corrected chi connectivity index (χ3v) is 3.37. The number of carbonyl (C=O) groups excluding carboxylic acids is 2. The molecule has 1 atom stereocenters. The minimum absolute atomic E-state index is 0.144. The van der Waals surface area contributed by atoms with Crippen LogP contribution in [0, 0.1) is 0 Å². The smallest absolute Gasteiger partial charge is 0.415 e. The maximum Gasteiger partial charge on any atom is 0.415 e. The molecule has 1 unspecified atom stereocenters. The lowest BCUT2D eigenvalue weighted by Crippen LogP contribution is -2.52. The first kappa shape index (κ1) is 16.1. The second-order valence-electron chi connectivity index (χ2n) is 4.73. The topological polar surface area (TPSA) is 55.8 Å². The highest BCUT2D eigenvalue weighted by Gasteiger charge is 2.48. The number of anilines is 1. The molecule has 1 aromatic carbocycles. The molecule has 1 heterocycles. The molecule has 22 heavy (non-hydrogen) atoms. The summed E-state index contributed by atoms with van der Waals surface area (Å²) >= 11 is 0. The van der Waals surface area contributed by atoms with Crippen LogP contribution in [0.1, 0.15) is 12.0 Å². The number of benzene rings is 1. The summed E-state index contributed by atoms with van der Waals surface area (Å²) in [5.41, 5.74) is 0.768. The first-order valence-corrected chi connectivity index (χ1v) is 6.52. The predicted molar refractivity (Wildman–Crippen MR) is 70.4 cm³/mol. The number of carbonyl (C=O) groups is 2. The van der Waals surface area contributed by atoms with Gasteiger partial charge in [0.05, 0.1) is 12.8 Å². The van der Waals surface area contributed by atoms with Crippen LogP contribution in [-0.4, -0.2) is 38.0 Å². The zero-order valence-electron chi connectivity index (χ0n) is 11.7. The van der Waals surface area contributed by atoms with E-state index in [9.17, 15) is 22.8 Å². The number of para-hydroxylation sites is 1. The highest BCUT2D eigenvalue weighted by molar-refractivity contribution is 5.91. The van der Waals surface area contributed by atoms with Crippen molar-refractivity contribution in [2.75, 3.05) is 18.6 Å². The van der Waals surface area contributed by atoms with Gasteiger partial charge >= 0.3 is 18.2 Å². The van der Waals surface area contributed by atoms with Crippen molar-refractivity contribution >= 4 is 17.7 Å². The molecule has 0 N–H and O–H groups in total. The maximum absolute atomic E-state index is 13.2. The van der Waals surface area contributed by atoms with E-state index in [1.54, 1.807) is 12.1 Å². The van der Waals surface area contributed by atoms with E-state index in [0.717, 1.165) is 7.11 Å². The fraction of sp³-hybridized carbons (Fsp3) is 0.429. The minimum atomic E-state index is -4.59. The molecule has 2 rings (SSSR count). The van der Waals surface area contributed by atoms with Gasteiger partial charge in [0.25, 0.3) is 0 Å². The summed E-state index contributed by atoms with van der Waals surface area (Å²) in [5, 5.41) is 0. The number of halogens is 3. The van der Waals surface area contributed by atoms with Crippen LogP contribution in [0.15, 0.2) is 24.3 Å². The third-order valence-electron chi connectivity index (χ3n) is 3.37. The van der Waals surface area contributed by atoms with E-state index < -0.39 is 30.9 Å². The molecule has 1 amide bonds. The number of rotatable bonds is 2. The van der Waals surface area contributed by atoms with Crippen LogP contribution < -0.4 is 4.90 Å². The van der Waals surface area contributed by atoms with E-state index in [4.69, 9.17) is 0 Å². The molecule has 1 aliphatic rings. The van der Waals surface area contributed by atoms with Crippen molar-refractivity contribution in [2.45, 2.75) is 25.1 Å². The van der Waals surface area contributed by atoms with Gasteiger partial charge in [-0.2, -0.15) is 13.2 Å². The molecule has 1 aromatic rings. The standard InChI is InChI=1S/C14H14F3NO4/c1-21-12(19)8-22-13(20)18-10-5-3-2-4-9(10)6-7-11(18)14(15,16)17/h2-5,11H,6-8H2,1H3. The van der Waals surface area contributed by atoms with E-state index >= 15 is 0 Å². The molecule has 0 radical (unpaired) electrons. The first-order valence-electron chi connectivity index (χ1n) is 6.52. The van der Waals surface area contributed by atoms with Gasteiger partial charge in [0.1, 0.15) is 6.04 Å². The van der Waals surface area contributed by atoms with Crippen molar-refractivity contribution in [1.29, 1.82) is 0 Å². The van der Waals surface area contributed by atoms with Crippen LogP contribution >= 0.6 is 0 Å². The van der Waals surface area contributed by atoms with Crippen molar-refractivity contribution in [2.24, 2.45) is 0 Å². The van der Waals surface area contributed by atoms with Crippen molar-refractivity contribution in [3.8, 4) is 0 Å². The Bertz CT molecular complexity index is 573. The van der Waals surface area contributed by atoms with Gasteiger partial charge in [0.2, 0.25) is 0 Å². The average molecular weight is 317 g/mol. The number of aryl methyl sites for hydroxylation is 1. The Kier molecular flexibility index (Phi) is 4.58. The molecule has 5 nitrogen and oxygen atoms in total. The number of alkyl halides is 3. The number of esters is 1. The summed E-state index contributed by atoms with van der Waals surface area (Å²) in [6.45, 7) is -0.738. The second kappa shape index (κ2) is 6.25. The highest BCUT2D eigenvalue weighted by Crippen LogP contribution is 2.38. The number of fused-ring (bicyclic) bond motifs is 1. The Morgan fingerprint density at radius 3 is 2.64 bits per heavy atom. The average Bonchev–Trinajstić information content (AvgIpc) is 2.50. The number of ether oxygens (including phenoxy) is 2. The van der Waals surface area contributed by atoms with Gasteiger partial charge in [-0.1, -0.05) is 18.2 Å². The largest absolute Gasteiger partial charge is 0.466 e. The number of nitrogens with zero attached hydrogens (tertiary/aromatic N) is 1. The number of hydrogen-bond donors (Lipinski definition) is 0. The highest BCUT2D eigenvalue weighted by atomic mass is 19.4. The van der Waals surface area contributed by atoms with Gasteiger partial charge in [-0.25, -0.2) is 9.59 Å². The van der Waals surface area contributed by atoms with Gasteiger partial charge < -0.3 is 9.47 Å². The molecular weight excluding hydrogens is 303 g/mol. The zero-order valence-corrected chi connectivity index (χ0v) is 11.7. The van der Waals surface area contributed by atoms with Crippen molar-refractivity contribution in [1.82, 2.24) is 0 Å². The fourth-order valence-electron chi connectivity index (χ4n) is 2.33. The number of amides is 1. The SMILES string of the molecule is COC(=O)COC(=O)N1c2ccccc2CCC1C(F)(F)F. The maximum atomic E-state index is 13.2. The van der Waals surface area contributed by atoms with Crippen LogP contribution in [0.5, 0.6) is 0 Å². The van der Waals surface area contributed by atoms with Gasteiger partial charge in [0.15, 0.2) is 6.61 Å². The van der Waals surface area contributed by atoms with Crippen molar-refractivity contribution in [3.05, 3.63) is 29.8 Å². The van der Waals surface area contributed by atoms with Crippen LogP contribution in [0.2, 0.25) is 0 Å². The molecule has 0 spiro atoms. The molecule has 0 aromatic heterocycles. The summed E-state index contributed by atoms with van der Waals surface area (Å²) < 4.78 is 48.4. The first-order chi connectivity index (χ1) is 10.3. The van der Waals surface area contributed by atoms with E-state index in [2.05, 4.69) is 9.47 Å². The molecule has 0 bridgehead atoms. The van der Waals surface area contributed by atoms with Crippen LogP contribution in [0.4, 0.5) is 23.7 Å². The van der Waals surface area contributed by atoms with Gasteiger partial charge in [-0.3, -0.25) is 4.90 Å². The van der Waals surface area contributed by atoms with E-state index in [1.165, 1.54) is 12.1 Å². The monoisotopic (exact) mass is 317 g/mol. The Balaban J connectivity index is 2.29. The molecule has 1 aliphatic heterocycles. The van der Waals surface area contributed by atoms with Gasteiger partial charge in [-0.05, 0) is 24.5 Å². The minimum Gasteiger partial charge on any atom is -0.466 e. The Morgan fingerprint density at radius 1 is 1.32 bits per heavy atom. The van der Waals surface area contributed by atoms with Crippen LogP contribution in [-0.2, 0) is 20.7 Å². The quantitative estimate of drug-likeness (QED) is 0.787. The van der Waals surface area contributed by atoms with E-state index in [1.807, 2.05) is 0 Å². The Labute approximate surface area is 124 Å². The lowest BCUT2D eigenvalue weighted by Gasteiger charge is -2.37. The number of hydrogen-bond acceptors (Lipinski definition) is 4. The van der Waals surface area contributed by atoms with Crippen molar-refractivity contribution in [3.63, 3.8) is 0 Å². The van der Waals surface area contributed by atoms with Gasteiger partial charge in [0, 0.05) is 0 Å². The zero-order chi connectivity index (χ0) is 16.3. The normalized spacial score (nSPS) is 17.6. The Hall–Kier alpha value is -2.25. The molecule has 0 fully saturated rings. The van der Waals surface area contributed by atoms with Crippen LogP contribution in [0.25, 0.3) is 0 Å². The molecule has 0 saturated carbocycles.